The molecule has 0 saturated carbocycles. The minimum Gasteiger partial charge on any atom is -0.433 e. The van der Waals surface area contributed by atoms with Crippen molar-refractivity contribution in [2.75, 3.05) is 24.5 Å². The van der Waals surface area contributed by atoms with Crippen molar-refractivity contribution in [3.8, 4) is 5.75 Å². The Morgan fingerprint density at radius 1 is 1.53 bits per heavy atom. The third-order valence-electron chi connectivity index (χ3n) is 2.89. The SMILES string of the molecule is NCC1CCN(c2ccc(OC(F)F)cn2)C1. The summed E-state index contributed by atoms with van der Waals surface area (Å²) in [7, 11) is 0. The van der Waals surface area contributed by atoms with E-state index < -0.39 is 6.61 Å². The summed E-state index contributed by atoms with van der Waals surface area (Å²) in [5.41, 5.74) is 5.60. The summed E-state index contributed by atoms with van der Waals surface area (Å²) in [6.45, 7) is -0.359. The van der Waals surface area contributed by atoms with Gasteiger partial charge in [-0.3, -0.25) is 0 Å². The number of ether oxygens (including phenoxy) is 1. The van der Waals surface area contributed by atoms with Gasteiger partial charge in [0.25, 0.3) is 0 Å². The van der Waals surface area contributed by atoms with Crippen LogP contribution in [-0.4, -0.2) is 31.2 Å². The molecular weight excluding hydrogens is 228 g/mol. The summed E-state index contributed by atoms with van der Waals surface area (Å²) >= 11 is 0. The van der Waals surface area contributed by atoms with Gasteiger partial charge in [-0.05, 0) is 31.0 Å². The molecule has 1 unspecified atom stereocenters. The molecule has 0 bridgehead atoms. The average molecular weight is 243 g/mol. The second-order valence-electron chi connectivity index (χ2n) is 4.07. The van der Waals surface area contributed by atoms with Gasteiger partial charge in [0, 0.05) is 13.1 Å². The molecule has 1 aliphatic heterocycles. The number of halogens is 2. The van der Waals surface area contributed by atoms with Crippen LogP contribution in [0.1, 0.15) is 6.42 Å². The average Bonchev–Trinajstić information content (AvgIpc) is 2.78. The fraction of sp³-hybridized carbons (Fsp3) is 0.545. The van der Waals surface area contributed by atoms with E-state index in [1.165, 1.54) is 12.3 Å². The molecule has 0 aliphatic carbocycles. The topological polar surface area (TPSA) is 51.4 Å². The highest BCUT2D eigenvalue weighted by Gasteiger charge is 2.22. The first-order valence-corrected chi connectivity index (χ1v) is 5.55. The predicted molar refractivity (Wildman–Crippen MR) is 60.2 cm³/mol. The lowest BCUT2D eigenvalue weighted by atomic mass is 10.1. The highest BCUT2D eigenvalue weighted by Crippen LogP contribution is 2.23. The van der Waals surface area contributed by atoms with E-state index in [1.807, 2.05) is 0 Å². The minimum absolute atomic E-state index is 0.0818. The second-order valence-corrected chi connectivity index (χ2v) is 4.07. The maximum absolute atomic E-state index is 11.9. The van der Waals surface area contributed by atoms with Gasteiger partial charge in [-0.2, -0.15) is 8.78 Å². The molecule has 0 aromatic carbocycles. The fourth-order valence-electron chi connectivity index (χ4n) is 1.97. The van der Waals surface area contributed by atoms with E-state index in [4.69, 9.17) is 5.73 Å². The van der Waals surface area contributed by atoms with Crippen LogP contribution in [0.2, 0.25) is 0 Å². The van der Waals surface area contributed by atoms with Gasteiger partial charge in [0.15, 0.2) is 0 Å². The summed E-state index contributed by atoms with van der Waals surface area (Å²) in [6, 6.07) is 3.20. The van der Waals surface area contributed by atoms with Crippen molar-refractivity contribution in [2.45, 2.75) is 13.0 Å². The molecule has 0 spiro atoms. The smallest absolute Gasteiger partial charge is 0.387 e. The van der Waals surface area contributed by atoms with Gasteiger partial charge < -0.3 is 15.4 Å². The molecule has 6 heteroatoms. The maximum atomic E-state index is 11.9. The molecule has 0 radical (unpaired) electrons. The zero-order chi connectivity index (χ0) is 12.3. The highest BCUT2D eigenvalue weighted by molar-refractivity contribution is 5.41. The quantitative estimate of drug-likeness (QED) is 0.870. The van der Waals surface area contributed by atoms with Gasteiger partial charge in [-0.25, -0.2) is 4.98 Å². The van der Waals surface area contributed by atoms with Crippen molar-refractivity contribution in [1.82, 2.24) is 4.98 Å². The van der Waals surface area contributed by atoms with Crippen molar-refractivity contribution >= 4 is 5.82 Å². The van der Waals surface area contributed by atoms with Gasteiger partial charge in [0.2, 0.25) is 0 Å². The summed E-state index contributed by atoms with van der Waals surface area (Å²) in [5, 5.41) is 0. The summed E-state index contributed by atoms with van der Waals surface area (Å²) in [6.07, 6.45) is 2.37. The van der Waals surface area contributed by atoms with E-state index in [-0.39, 0.29) is 5.75 Å². The number of aromatic nitrogens is 1. The Morgan fingerprint density at radius 2 is 2.35 bits per heavy atom. The van der Waals surface area contributed by atoms with Crippen LogP contribution in [0.3, 0.4) is 0 Å². The zero-order valence-electron chi connectivity index (χ0n) is 9.35. The Kier molecular flexibility index (Phi) is 3.73. The van der Waals surface area contributed by atoms with E-state index in [1.54, 1.807) is 6.07 Å². The number of nitrogens with zero attached hydrogens (tertiary/aromatic N) is 2. The number of anilines is 1. The van der Waals surface area contributed by atoms with Crippen LogP contribution >= 0.6 is 0 Å². The molecule has 1 aromatic rings. The molecule has 2 rings (SSSR count). The lowest BCUT2D eigenvalue weighted by molar-refractivity contribution is -0.0500. The van der Waals surface area contributed by atoms with E-state index in [2.05, 4.69) is 14.6 Å². The van der Waals surface area contributed by atoms with E-state index in [0.29, 0.717) is 12.5 Å². The number of pyridine rings is 1. The summed E-state index contributed by atoms with van der Waals surface area (Å²) in [4.78, 5) is 6.21. The Balaban J connectivity index is 1.98. The molecular formula is C11H15F2N3O. The predicted octanol–water partition coefficient (Wildman–Crippen LogP) is 1.47. The van der Waals surface area contributed by atoms with Crippen molar-refractivity contribution < 1.29 is 13.5 Å². The molecule has 0 amide bonds. The van der Waals surface area contributed by atoms with Crippen molar-refractivity contribution in [3.05, 3.63) is 18.3 Å². The molecule has 2 heterocycles. The van der Waals surface area contributed by atoms with Crippen LogP contribution in [0, 0.1) is 5.92 Å². The number of hydrogen-bond acceptors (Lipinski definition) is 4. The third kappa shape index (κ3) is 3.03. The molecule has 1 fully saturated rings. The van der Waals surface area contributed by atoms with Crippen LogP contribution in [0.25, 0.3) is 0 Å². The first kappa shape index (κ1) is 12.0. The van der Waals surface area contributed by atoms with Crippen LogP contribution in [0.4, 0.5) is 14.6 Å². The van der Waals surface area contributed by atoms with Gasteiger partial charge in [0.1, 0.15) is 11.6 Å². The Labute approximate surface area is 98.4 Å². The van der Waals surface area contributed by atoms with Crippen molar-refractivity contribution in [2.24, 2.45) is 11.7 Å². The largest absolute Gasteiger partial charge is 0.433 e. The van der Waals surface area contributed by atoms with Crippen LogP contribution < -0.4 is 15.4 Å². The molecule has 94 valence electrons. The minimum atomic E-state index is -2.81. The number of rotatable bonds is 4. The lowest BCUT2D eigenvalue weighted by Crippen LogP contribution is -2.23. The number of alkyl halides is 2. The van der Waals surface area contributed by atoms with Crippen molar-refractivity contribution in [3.63, 3.8) is 0 Å². The standard InChI is InChI=1S/C11H15F2N3O/c12-11(13)17-9-1-2-10(15-6-9)16-4-3-8(5-14)7-16/h1-2,6,8,11H,3-5,7,14H2. The van der Waals surface area contributed by atoms with E-state index in [9.17, 15) is 8.78 Å². The van der Waals surface area contributed by atoms with Crippen LogP contribution in [-0.2, 0) is 0 Å². The van der Waals surface area contributed by atoms with Crippen LogP contribution in [0.15, 0.2) is 18.3 Å². The molecule has 17 heavy (non-hydrogen) atoms. The normalized spacial score (nSPS) is 20.0. The highest BCUT2D eigenvalue weighted by atomic mass is 19.3. The Bertz CT molecular complexity index is 358. The zero-order valence-corrected chi connectivity index (χ0v) is 9.35. The fourth-order valence-corrected chi connectivity index (χ4v) is 1.97. The first-order valence-electron chi connectivity index (χ1n) is 5.55. The molecule has 2 N–H and O–H groups in total. The molecule has 1 aliphatic rings. The molecule has 1 saturated heterocycles. The Morgan fingerprint density at radius 3 is 2.88 bits per heavy atom. The van der Waals surface area contributed by atoms with Gasteiger partial charge in [-0.15, -0.1) is 0 Å². The number of nitrogens with two attached hydrogens (primary N) is 1. The second kappa shape index (κ2) is 5.27. The van der Waals surface area contributed by atoms with Crippen molar-refractivity contribution in [1.29, 1.82) is 0 Å². The molecule has 1 aromatic heterocycles. The number of hydrogen-bond donors (Lipinski definition) is 1. The van der Waals surface area contributed by atoms with E-state index in [0.717, 1.165) is 25.3 Å². The maximum Gasteiger partial charge on any atom is 0.387 e. The van der Waals surface area contributed by atoms with Gasteiger partial charge in [0.05, 0.1) is 6.20 Å². The summed E-state index contributed by atoms with van der Waals surface area (Å²) < 4.78 is 28.1. The van der Waals surface area contributed by atoms with E-state index >= 15 is 0 Å². The van der Waals surface area contributed by atoms with Gasteiger partial charge >= 0.3 is 6.61 Å². The first-order chi connectivity index (χ1) is 8.19. The lowest BCUT2D eigenvalue weighted by Gasteiger charge is -2.17. The van der Waals surface area contributed by atoms with Crippen LogP contribution in [0.5, 0.6) is 5.75 Å². The monoisotopic (exact) mass is 243 g/mol. The molecule has 1 atom stereocenters. The Hall–Kier alpha value is -1.43. The molecule has 4 nitrogen and oxygen atoms in total. The third-order valence-corrected chi connectivity index (χ3v) is 2.89. The van der Waals surface area contributed by atoms with Gasteiger partial charge in [-0.1, -0.05) is 0 Å². The summed E-state index contributed by atoms with van der Waals surface area (Å²) in [5.74, 6) is 1.36.